The molecular weight excluding hydrogens is 389 g/mol. The molecule has 5 heteroatoms. The molecule has 0 N–H and O–H groups in total. The van der Waals surface area contributed by atoms with Crippen molar-refractivity contribution in [2.75, 3.05) is 6.54 Å². The zero-order valence-corrected chi connectivity index (χ0v) is 17.5. The standard InChI is InChI=1S/C26H24FN3O/c1-18-6-4-11-25-28-16-24(30(18)25)23(20-9-5-10-22(27)14-20)15-26(31)29-13-12-19-7-2-3-8-21(19)17-29/h2-11,14,16,23H,12-13,15,17H2,1H3. The number of carbonyl (C=O) groups excluding carboxylic acids is 1. The Balaban J connectivity index is 1.50. The first-order chi connectivity index (χ1) is 15.1. The third kappa shape index (κ3) is 3.72. The maximum absolute atomic E-state index is 14.1. The average Bonchev–Trinajstić information content (AvgIpc) is 3.22. The Bertz CT molecular complexity index is 1260. The lowest BCUT2D eigenvalue weighted by molar-refractivity contribution is -0.132. The molecule has 1 unspecified atom stereocenters. The second-order valence-electron chi connectivity index (χ2n) is 8.19. The Labute approximate surface area is 181 Å². The fraction of sp³-hybridized carbons (Fsp3) is 0.231. The Morgan fingerprint density at radius 1 is 1.06 bits per heavy atom. The highest BCUT2D eigenvalue weighted by molar-refractivity contribution is 5.78. The van der Waals surface area contributed by atoms with Crippen LogP contribution in [0.25, 0.3) is 5.65 Å². The number of amides is 1. The van der Waals surface area contributed by atoms with Gasteiger partial charge < -0.3 is 9.30 Å². The molecule has 0 aliphatic carbocycles. The molecule has 4 aromatic rings. The predicted octanol–water partition coefficient (Wildman–Crippen LogP) is 4.89. The van der Waals surface area contributed by atoms with Crippen molar-refractivity contribution in [2.45, 2.75) is 32.2 Å². The van der Waals surface area contributed by atoms with Crippen LogP contribution in [0.2, 0.25) is 0 Å². The molecule has 0 saturated carbocycles. The normalized spacial score (nSPS) is 14.5. The summed E-state index contributed by atoms with van der Waals surface area (Å²) in [7, 11) is 0. The van der Waals surface area contributed by atoms with E-state index in [9.17, 15) is 9.18 Å². The number of imidazole rings is 1. The summed E-state index contributed by atoms with van der Waals surface area (Å²) in [6.07, 6.45) is 2.95. The van der Waals surface area contributed by atoms with Crippen molar-refractivity contribution in [3.05, 3.63) is 107 Å². The molecule has 5 rings (SSSR count). The largest absolute Gasteiger partial charge is 0.338 e. The third-order valence-electron chi connectivity index (χ3n) is 6.22. The summed E-state index contributed by atoms with van der Waals surface area (Å²) < 4.78 is 16.2. The molecule has 0 bridgehead atoms. The number of hydrogen-bond donors (Lipinski definition) is 0. The Kier molecular flexibility index (Phi) is 5.02. The lowest BCUT2D eigenvalue weighted by Crippen LogP contribution is -2.36. The number of halogens is 1. The van der Waals surface area contributed by atoms with Gasteiger partial charge in [0.1, 0.15) is 11.5 Å². The number of aromatic nitrogens is 2. The molecule has 1 aliphatic heterocycles. The van der Waals surface area contributed by atoms with E-state index in [1.165, 1.54) is 23.3 Å². The predicted molar refractivity (Wildman–Crippen MR) is 118 cm³/mol. The summed E-state index contributed by atoms with van der Waals surface area (Å²) in [5.74, 6) is -0.504. The number of benzene rings is 2. The Morgan fingerprint density at radius 2 is 1.87 bits per heavy atom. The molecule has 1 aliphatic rings. The number of fused-ring (bicyclic) bond motifs is 2. The number of hydrogen-bond acceptors (Lipinski definition) is 2. The van der Waals surface area contributed by atoms with Gasteiger partial charge in [-0.2, -0.15) is 0 Å². The van der Waals surface area contributed by atoms with Crippen LogP contribution in [0.15, 0.2) is 72.9 Å². The highest BCUT2D eigenvalue weighted by atomic mass is 19.1. The molecule has 2 aromatic heterocycles. The van der Waals surface area contributed by atoms with Crippen molar-refractivity contribution < 1.29 is 9.18 Å². The minimum Gasteiger partial charge on any atom is -0.338 e. The van der Waals surface area contributed by atoms with Gasteiger partial charge >= 0.3 is 0 Å². The number of nitrogens with zero attached hydrogens (tertiary/aromatic N) is 3. The fourth-order valence-electron chi connectivity index (χ4n) is 4.60. The van der Waals surface area contributed by atoms with Gasteiger partial charge in [-0.15, -0.1) is 0 Å². The lowest BCUT2D eigenvalue weighted by atomic mass is 9.91. The second kappa shape index (κ2) is 7.99. The van der Waals surface area contributed by atoms with Gasteiger partial charge in [0, 0.05) is 37.3 Å². The molecule has 4 nitrogen and oxygen atoms in total. The molecule has 2 aromatic carbocycles. The first-order valence-electron chi connectivity index (χ1n) is 10.6. The quantitative estimate of drug-likeness (QED) is 0.478. The van der Waals surface area contributed by atoms with Crippen molar-refractivity contribution >= 4 is 11.6 Å². The van der Waals surface area contributed by atoms with E-state index in [0.717, 1.165) is 29.0 Å². The van der Waals surface area contributed by atoms with Gasteiger partial charge in [-0.25, -0.2) is 9.37 Å². The fourth-order valence-corrected chi connectivity index (χ4v) is 4.60. The van der Waals surface area contributed by atoms with Gasteiger partial charge in [-0.05, 0) is 54.3 Å². The van der Waals surface area contributed by atoms with Crippen LogP contribution in [0, 0.1) is 12.7 Å². The van der Waals surface area contributed by atoms with E-state index in [2.05, 4.69) is 21.5 Å². The van der Waals surface area contributed by atoms with Crippen LogP contribution in [0.1, 0.15) is 40.4 Å². The summed E-state index contributed by atoms with van der Waals surface area (Å²) >= 11 is 0. The summed E-state index contributed by atoms with van der Waals surface area (Å²) in [6, 6.07) is 20.8. The molecule has 1 amide bonds. The van der Waals surface area contributed by atoms with Crippen LogP contribution in [0.5, 0.6) is 0 Å². The number of pyridine rings is 1. The molecule has 3 heterocycles. The van der Waals surface area contributed by atoms with Gasteiger partial charge in [0.15, 0.2) is 0 Å². The minimum atomic E-state index is -0.299. The van der Waals surface area contributed by atoms with Crippen LogP contribution in [-0.2, 0) is 17.8 Å². The molecule has 0 fully saturated rings. The van der Waals surface area contributed by atoms with E-state index in [4.69, 9.17) is 0 Å². The molecule has 0 saturated heterocycles. The second-order valence-corrected chi connectivity index (χ2v) is 8.19. The van der Waals surface area contributed by atoms with E-state index in [1.807, 2.05) is 54.4 Å². The van der Waals surface area contributed by atoms with Crippen molar-refractivity contribution in [3.63, 3.8) is 0 Å². The number of aryl methyl sites for hydroxylation is 1. The first kappa shape index (κ1) is 19.5. The van der Waals surface area contributed by atoms with E-state index >= 15 is 0 Å². The summed E-state index contributed by atoms with van der Waals surface area (Å²) in [6.45, 7) is 3.35. The van der Waals surface area contributed by atoms with Crippen molar-refractivity contribution in [1.29, 1.82) is 0 Å². The smallest absolute Gasteiger partial charge is 0.223 e. The summed E-state index contributed by atoms with van der Waals surface area (Å²) in [5, 5.41) is 0. The van der Waals surface area contributed by atoms with E-state index in [-0.39, 0.29) is 24.1 Å². The highest BCUT2D eigenvalue weighted by Gasteiger charge is 2.27. The number of carbonyl (C=O) groups is 1. The maximum Gasteiger partial charge on any atom is 0.223 e. The zero-order valence-electron chi connectivity index (χ0n) is 17.5. The van der Waals surface area contributed by atoms with Gasteiger partial charge in [-0.3, -0.25) is 4.79 Å². The Hall–Kier alpha value is -3.47. The molecule has 1 atom stereocenters. The minimum absolute atomic E-state index is 0.0762. The van der Waals surface area contributed by atoms with E-state index in [0.29, 0.717) is 13.1 Å². The summed E-state index contributed by atoms with van der Waals surface area (Å²) in [5.41, 5.74) is 6.07. The SMILES string of the molecule is Cc1cccc2ncc(C(CC(=O)N3CCc4ccccc4C3)c3cccc(F)c3)n12. The van der Waals surface area contributed by atoms with Gasteiger partial charge in [0.2, 0.25) is 5.91 Å². The van der Waals surface area contributed by atoms with Gasteiger partial charge in [-0.1, -0.05) is 42.5 Å². The van der Waals surface area contributed by atoms with Crippen LogP contribution >= 0.6 is 0 Å². The molecule has 0 radical (unpaired) electrons. The molecule has 156 valence electrons. The monoisotopic (exact) mass is 413 g/mol. The molecule has 31 heavy (non-hydrogen) atoms. The van der Waals surface area contributed by atoms with E-state index < -0.39 is 0 Å². The van der Waals surface area contributed by atoms with Crippen molar-refractivity contribution in [3.8, 4) is 0 Å². The van der Waals surface area contributed by atoms with Crippen LogP contribution in [-0.4, -0.2) is 26.7 Å². The average molecular weight is 413 g/mol. The van der Waals surface area contributed by atoms with Gasteiger partial charge in [0.05, 0.1) is 5.69 Å². The first-order valence-corrected chi connectivity index (χ1v) is 10.6. The van der Waals surface area contributed by atoms with Crippen LogP contribution in [0.3, 0.4) is 0 Å². The molecular formula is C26H24FN3O. The van der Waals surface area contributed by atoms with E-state index in [1.54, 1.807) is 6.07 Å². The number of rotatable bonds is 4. The maximum atomic E-state index is 14.1. The van der Waals surface area contributed by atoms with Crippen LogP contribution < -0.4 is 0 Å². The highest BCUT2D eigenvalue weighted by Crippen LogP contribution is 2.31. The zero-order chi connectivity index (χ0) is 21.4. The van der Waals surface area contributed by atoms with Crippen molar-refractivity contribution in [1.82, 2.24) is 14.3 Å². The Morgan fingerprint density at radius 3 is 2.71 bits per heavy atom. The van der Waals surface area contributed by atoms with Gasteiger partial charge in [0.25, 0.3) is 0 Å². The third-order valence-corrected chi connectivity index (χ3v) is 6.22. The topological polar surface area (TPSA) is 37.6 Å². The van der Waals surface area contributed by atoms with Crippen LogP contribution in [0.4, 0.5) is 4.39 Å². The summed E-state index contributed by atoms with van der Waals surface area (Å²) in [4.78, 5) is 19.9. The lowest BCUT2D eigenvalue weighted by Gasteiger charge is -2.30. The van der Waals surface area contributed by atoms with Crippen molar-refractivity contribution in [2.24, 2.45) is 0 Å². The molecule has 0 spiro atoms.